The van der Waals surface area contributed by atoms with Gasteiger partial charge < -0.3 is 10.1 Å². The number of hydrogen-bond donors (Lipinski definition) is 2. The lowest BCUT2D eigenvalue weighted by Gasteiger charge is -2.09. The van der Waals surface area contributed by atoms with Crippen molar-refractivity contribution in [3.8, 4) is 0 Å². The lowest BCUT2D eigenvalue weighted by atomic mass is 10.3. The van der Waals surface area contributed by atoms with Gasteiger partial charge in [-0.15, -0.1) is 0 Å². The van der Waals surface area contributed by atoms with Crippen LogP contribution in [0.2, 0.25) is 0 Å². The minimum atomic E-state index is -3.35. The Morgan fingerprint density at radius 1 is 1.19 bits per heavy atom. The van der Waals surface area contributed by atoms with Crippen molar-refractivity contribution in [2.24, 2.45) is 0 Å². The van der Waals surface area contributed by atoms with Crippen LogP contribution in [0.3, 0.4) is 0 Å². The molecular weight excluding hydrogens is 288 g/mol. The smallest absolute Gasteiger partial charge is 0.240 e. The first-order valence-electron chi connectivity index (χ1n) is 7.56. The summed E-state index contributed by atoms with van der Waals surface area (Å²) in [4.78, 5) is 0.325. The molecule has 0 aromatic heterocycles. The normalized spacial score (nSPS) is 15.1. The molecule has 118 valence electrons. The van der Waals surface area contributed by atoms with E-state index in [1.165, 1.54) is 0 Å². The Balaban J connectivity index is 1.76. The van der Waals surface area contributed by atoms with Gasteiger partial charge in [0.25, 0.3) is 0 Å². The van der Waals surface area contributed by atoms with Crippen molar-refractivity contribution in [1.29, 1.82) is 0 Å². The van der Waals surface area contributed by atoms with Crippen LogP contribution >= 0.6 is 0 Å². The molecular formula is C15H24N2O3S. The van der Waals surface area contributed by atoms with E-state index in [0.29, 0.717) is 4.90 Å². The van der Waals surface area contributed by atoms with Crippen LogP contribution in [0.5, 0.6) is 0 Å². The fourth-order valence-corrected chi connectivity index (χ4v) is 3.20. The van der Waals surface area contributed by atoms with Crippen LogP contribution in [-0.4, -0.2) is 34.2 Å². The van der Waals surface area contributed by atoms with Gasteiger partial charge >= 0.3 is 0 Å². The first-order valence-corrected chi connectivity index (χ1v) is 9.04. The summed E-state index contributed by atoms with van der Waals surface area (Å²) in [6, 6.07) is 7.01. The average molecular weight is 312 g/mol. The summed E-state index contributed by atoms with van der Waals surface area (Å²) >= 11 is 0. The molecule has 0 heterocycles. The monoisotopic (exact) mass is 312 g/mol. The van der Waals surface area contributed by atoms with E-state index >= 15 is 0 Å². The predicted molar refractivity (Wildman–Crippen MR) is 84.0 cm³/mol. The molecule has 0 radical (unpaired) electrons. The zero-order valence-electron chi connectivity index (χ0n) is 12.5. The standard InChI is InChI=1S/C15H24N2O3S/c1-2-11-20-12-3-10-16-13-6-8-15(9-7-13)21(18,19)17-14-4-5-14/h6-9,14,16-17H,2-5,10-12H2,1H3. The first-order chi connectivity index (χ1) is 10.1. The van der Waals surface area contributed by atoms with E-state index in [1.807, 2.05) is 0 Å². The SMILES string of the molecule is CCCOCCCNc1ccc(S(=O)(=O)NC2CC2)cc1. The quantitative estimate of drug-likeness (QED) is 0.651. The van der Waals surface area contributed by atoms with Gasteiger partial charge in [-0.1, -0.05) is 6.92 Å². The van der Waals surface area contributed by atoms with E-state index in [2.05, 4.69) is 17.0 Å². The van der Waals surface area contributed by atoms with Gasteiger partial charge in [0.05, 0.1) is 4.90 Å². The van der Waals surface area contributed by atoms with E-state index in [-0.39, 0.29) is 6.04 Å². The lowest BCUT2D eigenvalue weighted by molar-refractivity contribution is 0.134. The highest BCUT2D eigenvalue weighted by Crippen LogP contribution is 2.22. The number of anilines is 1. The molecule has 0 saturated heterocycles. The zero-order valence-corrected chi connectivity index (χ0v) is 13.3. The molecule has 2 N–H and O–H groups in total. The van der Waals surface area contributed by atoms with E-state index in [1.54, 1.807) is 24.3 Å². The second-order valence-electron chi connectivity index (χ2n) is 5.31. The Labute approximate surface area is 127 Å². The summed E-state index contributed by atoms with van der Waals surface area (Å²) in [6.45, 7) is 4.46. The highest BCUT2D eigenvalue weighted by molar-refractivity contribution is 7.89. The summed E-state index contributed by atoms with van der Waals surface area (Å²) < 4.78 is 32.1. The molecule has 21 heavy (non-hydrogen) atoms. The van der Waals surface area contributed by atoms with Crippen LogP contribution in [0.4, 0.5) is 5.69 Å². The summed E-state index contributed by atoms with van der Waals surface area (Å²) in [6.07, 6.45) is 3.86. The van der Waals surface area contributed by atoms with Crippen molar-refractivity contribution in [2.45, 2.75) is 43.5 Å². The Kier molecular flexibility index (Phi) is 6.02. The second kappa shape index (κ2) is 7.77. The van der Waals surface area contributed by atoms with Crippen LogP contribution < -0.4 is 10.0 Å². The Morgan fingerprint density at radius 2 is 1.90 bits per heavy atom. The van der Waals surface area contributed by atoms with Crippen LogP contribution in [0.1, 0.15) is 32.6 Å². The molecule has 0 atom stereocenters. The molecule has 0 amide bonds. The van der Waals surface area contributed by atoms with Gasteiger partial charge in [-0.2, -0.15) is 0 Å². The third-order valence-electron chi connectivity index (χ3n) is 3.21. The fraction of sp³-hybridized carbons (Fsp3) is 0.600. The molecule has 6 heteroatoms. The van der Waals surface area contributed by atoms with Crippen molar-refractivity contribution in [1.82, 2.24) is 4.72 Å². The molecule has 5 nitrogen and oxygen atoms in total. The van der Waals surface area contributed by atoms with Crippen LogP contribution in [-0.2, 0) is 14.8 Å². The number of rotatable bonds is 10. The molecule has 1 aromatic rings. The Bertz CT molecular complexity index is 524. The summed E-state index contributed by atoms with van der Waals surface area (Å²) in [5.74, 6) is 0. The van der Waals surface area contributed by atoms with E-state index in [4.69, 9.17) is 4.74 Å². The summed E-state index contributed by atoms with van der Waals surface area (Å²) in [7, 11) is -3.35. The number of nitrogens with one attached hydrogen (secondary N) is 2. The molecule has 0 bridgehead atoms. The van der Waals surface area contributed by atoms with E-state index < -0.39 is 10.0 Å². The average Bonchev–Trinajstić information content (AvgIpc) is 3.26. The van der Waals surface area contributed by atoms with Gasteiger partial charge in [0.15, 0.2) is 0 Å². The molecule has 0 spiro atoms. The van der Waals surface area contributed by atoms with Gasteiger partial charge in [0, 0.05) is 31.5 Å². The molecule has 1 saturated carbocycles. The van der Waals surface area contributed by atoms with Gasteiger partial charge in [0.1, 0.15) is 0 Å². The van der Waals surface area contributed by atoms with Gasteiger partial charge in [-0.3, -0.25) is 0 Å². The van der Waals surface area contributed by atoms with Crippen LogP contribution in [0.15, 0.2) is 29.2 Å². The largest absolute Gasteiger partial charge is 0.385 e. The fourth-order valence-electron chi connectivity index (χ4n) is 1.89. The van der Waals surface area contributed by atoms with Crippen molar-refractivity contribution in [3.63, 3.8) is 0 Å². The zero-order chi connectivity index (χ0) is 15.1. The molecule has 0 aliphatic heterocycles. The predicted octanol–water partition coefficient (Wildman–Crippen LogP) is 2.36. The summed E-state index contributed by atoms with van der Waals surface area (Å²) in [5.41, 5.74) is 0.927. The van der Waals surface area contributed by atoms with Gasteiger partial charge in [-0.25, -0.2) is 13.1 Å². The van der Waals surface area contributed by atoms with Gasteiger partial charge in [-0.05, 0) is 49.9 Å². The minimum Gasteiger partial charge on any atom is -0.385 e. The number of hydrogen-bond acceptors (Lipinski definition) is 4. The summed E-state index contributed by atoms with van der Waals surface area (Å²) in [5, 5.41) is 3.26. The van der Waals surface area contributed by atoms with E-state index in [0.717, 1.165) is 51.1 Å². The minimum absolute atomic E-state index is 0.135. The third kappa shape index (κ3) is 5.65. The lowest BCUT2D eigenvalue weighted by Crippen LogP contribution is -2.25. The molecule has 1 aromatic carbocycles. The number of ether oxygens (including phenoxy) is 1. The van der Waals surface area contributed by atoms with Crippen LogP contribution in [0, 0.1) is 0 Å². The molecule has 2 rings (SSSR count). The Hall–Kier alpha value is -1.11. The molecule has 1 aliphatic rings. The third-order valence-corrected chi connectivity index (χ3v) is 4.74. The van der Waals surface area contributed by atoms with E-state index in [9.17, 15) is 8.42 Å². The van der Waals surface area contributed by atoms with Crippen molar-refractivity contribution >= 4 is 15.7 Å². The van der Waals surface area contributed by atoms with Crippen LogP contribution in [0.25, 0.3) is 0 Å². The van der Waals surface area contributed by atoms with Crippen molar-refractivity contribution in [3.05, 3.63) is 24.3 Å². The first kappa shape index (κ1) is 16.3. The molecule has 1 aliphatic carbocycles. The topological polar surface area (TPSA) is 67.4 Å². The van der Waals surface area contributed by atoms with Gasteiger partial charge in [0.2, 0.25) is 10.0 Å². The highest BCUT2D eigenvalue weighted by atomic mass is 32.2. The number of sulfonamides is 1. The molecule has 1 fully saturated rings. The van der Waals surface area contributed by atoms with Crippen molar-refractivity contribution < 1.29 is 13.2 Å². The Morgan fingerprint density at radius 3 is 2.52 bits per heavy atom. The maximum Gasteiger partial charge on any atom is 0.240 e. The maximum absolute atomic E-state index is 12.0. The highest BCUT2D eigenvalue weighted by Gasteiger charge is 2.27. The maximum atomic E-state index is 12.0. The second-order valence-corrected chi connectivity index (χ2v) is 7.03. The number of benzene rings is 1. The van der Waals surface area contributed by atoms with Crippen molar-refractivity contribution in [2.75, 3.05) is 25.1 Å². The molecule has 0 unspecified atom stereocenters.